The third-order valence-electron chi connectivity index (χ3n) is 4.60. The smallest absolute Gasteiger partial charge is 0.377 e. The van der Waals surface area contributed by atoms with Crippen LogP contribution in [-0.4, -0.2) is 67.1 Å². The Bertz CT molecular complexity index is 774. The van der Waals surface area contributed by atoms with Crippen LogP contribution in [0.15, 0.2) is 36.1 Å². The highest BCUT2D eigenvalue weighted by Gasteiger charge is 2.38. The fourth-order valence-corrected chi connectivity index (χ4v) is 3.10. The summed E-state index contributed by atoms with van der Waals surface area (Å²) in [6.07, 6.45) is 1.78. The molecule has 2 heterocycles. The fourth-order valence-electron chi connectivity index (χ4n) is 3.10. The zero-order valence-electron chi connectivity index (χ0n) is 17.3. The maximum atomic E-state index is 13.2. The number of hydroxylamine groups is 2. The van der Waals surface area contributed by atoms with Crippen molar-refractivity contribution in [2.75, 3.05) is 39.5 Å². The predicted octanol–water partition coefficient (Wildman–Crippen LogP) is 2.00. The second kappa shape index (κ2) is 10.0. The van der Waals surface area contributed by atoms with E-state index in [9.17, 15) is 14.0 Å². The molecule has 3 rings (SSSR count). The van der Waals surface area contributed by atoms with Crippen molar-refractivity contribution in [2.45, 2.75) is 32.6 Å². The Morgan fingerprint density at radius 3 is 2.57 bits per heavy atom. The lowest BCUT2D eigenvalue weighted by molar-refractivity contribution is -0.186. The van der Waals surface area contributed by atoms with E-state index in [-0.39, 0.29) is 18.1 Å². The number of carbonyl (C=O) groups is 2. The minimum absolute atomic E-state index is 0.0961. The van der Waals surface area contributed by atoms with Gasteiger partial charge in [-0.05, 0) is 24.1 Å². The highest BCUT2D eigenvalue weighted by molar-refractivity contribution is 5.97. The van der Waals surface area contributed by atoms with Crippen LogP contribution in [0, 0.1) is 5.82 Å². The van der Waals surface area contributed by atoms with Crippen molar-refractivity contribution in [1.82, 2.24) is 9.96 Å². The van der Waals surface area contributed by atoms with E-state index in [4.69, 9.17) is 19.0 Å². The predicted molar refractivity (Wildman–Crippen MR) is 104 cm³/mol. The van der Waals surface area contributed by atoms with Gasteiger partial charge in [-0.15, -0.1) is 0 Å². The summed E-state index contributed by atoms with van der Waals surface area (Å²) in [6.45, 7) is 7.57. The van der Waals surface area contributed by atoms with Crippen LogP contribution in [0.1, 0.15) is 25.8 Å². The van der Waals surface area contributed by atoms with Crippen molar-refractivity contribution in [1.29, 1.82) is 0 Å². The number of hydrogen-bond acceptors (Lipinski definition) is 7. The SMILES string of the molecule is CC1(C)OC(=O)/C(=C/C(=O)N(Cc2ccc(F)cc2)OCCCN2CCOCC2)O1. The van der Waals surface area contributed by atoms with Crippen molar-refractivity contribution in [3.63, 3.8) is 0 Å². The van der Waals surface area contributed by atoms with Crippen LogP contribution in [0.2, 0.25) is 0 Å². The quantitative estimate of drug-likeness (QED) is 0.274. The van der Waals surface area contributed by atoms with Gasteiger partial charge in [0.15, 0.2) is 0 Å². The standard InChI is InChI=1S/C21H27FN2O6/c1-21(2)29-18(20(26)30-21)14-19(25)24(15-16-4-6-17(22)7-5-16)28-11-3-8-23-9-12-27-13-10-23/h4-7,14H,3,8-13,15H2,1-2H3/b18-14-. The summed E-state index contributed by atoms with van der Waals surface area (Å²) < 4.78 is 28.9. The average molecular weight is 422 g/mol. The third-order valence-corrected chi connectivity index (χ3v) is 4.60. The molecule has 0 atom stereocenters. The molecular formula is C21H27FN2O6. The highest BCUT2D eigenvalue weighted by atomic mass is 19.1. The van der Waals surface area contributed by atoms with Crippen molar-refractivity contribution >= 4 is 11.9 Å². The van der Waals surface area contributed by atoms with Crippen LogP contribution in [0.5, 0.6) is 0 Å². The second-order valence-corrected chi connectivity index (χ2v) is 7.54. The fraction of sp³-hybridized carbons (Fsp3) is 0.524. The molecule has 0 unspecified atom stereocenters. The summed E-state index contributed by atoms with van der Waals surface area (Å²) in [6, 6.07) is 5.77. The van der Waals surface area contributed by atoms with E-state index in [0.29, 0.717) is 12.2 Å². The molecule has 9 heteroatoms. The number of rotatable bonds is 8. The van der Waals surface area contributed by atoms with Crippen molar-refractivity contribution < 1.29 is 33.0 Å². The molecule has 2 aliphatic heterocycles. The lowest BCUT2D eigenvalue weighted by Crippen LogP contribution is -2.37. The first-order chi connectivity index (χ1) is 14.3. The van der Waals surface area contributed by atoms with E-state index in [2.05, 4.69) is 4.90 Å². The molecule has 1 aromatic carbocycles. The molecule has 1 amide bonds. The number of ether oxygens (including phenoxy) is 3. The van der Waals surface area contributed by atoms with Gasteiger partial charge in [0.25, 0.3) is 5.91 Å². The molecule has 8 nitrogen and oxygen atoms in total. The van der Waals surface area contributed by atoms with Crippen LogP contribution < -0.4 is 0 Å². The molecular weight excluding hydrogens is 395 g/mol. The summed E-state index contributed by atoms with van der Waals surface area (Å²) in [5.74, 6) is -2.93. The maximum Gasteiger partial charge on any atom is 0.377 e. The average Bonchev–Trinajstić information content (AvgIpc) is 2.97. The summed E-state index contributed by atoms with van der Waals surface area (Å²) in [5.41, 5.74) is 0.687. The number of morpholine rings is 1. The second-order valence-electron chi connectivity index (χ2n) is 7.54. The van der Waals surface area contributed by atoms with Gasteiger partial charge in [0.2, 0.25) is 11.5 Å². The first kappa shape index (κ1) is 22.2. The van der Waals surface area contributed by atoms with E-state index in [1.54, 1.807) is 26.0 Å². The maximum absolute atomic E-state index is 13.2. The first-order valence-corrected chi connectivity index (χ1v) is 9.95. The molecule has 0 radical (unpaired) electrons. The molecule has 2 saturated heterocycles. The Kier molecular flexibility index (Phi) is 7.41. The Balaban J connectivity index is 1.61. The zero-order valence-corrected chi connectivity index (χ0v) is 17.3. The van der Waals surface area contributed by atoms with Gasteiger partial charge in [0, 0.05) is 33.5 Å². The van der Waals surface area contributed by atoms with Gasteiger partial charge in [0.1, 0.15) is 5.82 Å². The number of halogens is 1. The van der Waals surface area contributed by atoms with Gasteiger partial charge in [-0.2, -0.15) is 0 Å². The van der Waals surface area contributed by atoms with Gasteiger partial charge in [-0.1, -0.05) is 12.1 Å². The minimum atomic E-state index is -1.12. The van der Waals surface area contributed by atoms with E-state index in [0.717, 1.165) is 50.4 Å². The molecule has 0 aliphatic carbocycles. The topological polar surface area (TPSA) is 77.5 Å². The van der Waals surface area contributed by atoms with Crippen molar-refractivity contribution in [3.8, 4) is 0 Å². The van der Waals surface area contributed by atoms with Crippen LogP contribution >= 0.6 is 0 Å². The van der Waals surface area contributed by atoms with E-state index in [1.165, 1.54) is 12.1 Å². The van der Waals surface area contributed by atoms with Crippen LogP contribution in [0.3, 0.4) is 0 Å². The number of esters is 1. The van der Waals surface area contributed by atoms with Gasteiger partial charge in [-0.25, -0.2) is 14.2 Å². The van der Waals surface area contributed by atoms with Gasteiger partial charge in [0.05, 0.1) is 32.4 Å². The van der Waals surface area contributed by atoms with E-state index < -0.39 is 17.7 Å². The number of cyclic esters (lactones) is 1. The summed E-state index contributed by atoms with van der Waals surface area (Å²) in [5, 5.41) is 1.14. The largest absolute Gasteiger partial charge is 0.445 e. The van der Waals surface area contributed by atoms with Crippen molar-refractivity contribution in [2.24, 2.45) is 0 Å². The van der Waals surface area contributed by atoms with Crippen LogP contribution in [0.25, 0.3) is 0 Å². The van der Waals surface area contributed by atoms with Gasteiger partial charge in [-0.3, -0.25) is 14.5 Å². The number of hydrogen-bond donors (Lipinski definition) is 0. The molecule has 0 N–H and O–H groups in total. The summed E-state index contributed by atoms with van der Waals surface area (Å²) >= 11 is 0. The van der Waals surface area contributed by atoms with E-state index >= 15 is 0 Å². The zero-order chi connectivity index (χ0) is 21.6. The molecule has 0 saturated carbocycles. The molecule has 2 aliphatic rings. The Hall–Kier alpha value is -2.49. The van der Waals surface area contributed by atoms with Gasteiger partial charge >= 0.3 is 5.97 Å². The number of benzene rings is 1. The van der Waals surface area contributed by atoms with Crippen LogP contribution in [-0.2, 0) is 35.2 Å². The Labute approximate surface area is 175 Å². The summed E-state index contributed by atoms with van der Waals surface area (Å²) in [4.78, 5) is 32.6. The minimum Gasteiger partial charge on any atom is -0.445 e. The summed E-state index contributed by atoms with van der Waals surface area (Å²) in [7, 11) is 0. The number of nitrogens with zero attached hydrogens (tertiary/aromatic N) is 2. The molecule has 164 valence electrons. The molecule has 30 heavy (non-hydrogen) atoms. The normalized spacial score (nSPS) is 20.1. The van der Waals surface area contributed by atoms with Crippen molar-refractivity contribution in [3.05, 3.63) is 47.5 Å². The lowest BCUT2D eigenvalue weighted by atomic mass is 10.2. The molecule has 2 fully saturated rings. The number of amides is 1. The lowest BCUT2D eigenvalue weighted by Gasteiger charge is -2.27. The van der Waals surface area contributed by atoms with Crippen LogP contribution in [0.4, 0.5) is 4.39 Å². The Morgan fingerprint density at radius 2 is 1.93 bits per heavy atom. The van der Waals surface area contributed by atoms with E-state index in [1.807, 2.05) is 0 Å². The van der Waals surface area contributed by atoms with Gasteiger partial charge < -0.3 is 14.2 Å². The molecule has 0 aromatic heterocycles. The molecule has 1 aromatic rings. The Morgan fingerprint density at radius 1 is 1.23 bits per heavy atom. The third kappa shape index (κ3) is 6.51. The number of carbonyl (C=O) groups excluding carboxylic acids is 2. The monoisotopic (exact) mass is 422 g/mol. The first-order valence-electron chi connectivity index (χ1n) is 9.95. The molecule has 0 spiro atoms. The highest BCUT2D eigenvalue weighted by Crippen LogP contribution is 2.26. The molecule has 0 bridgehead atoms.